The van der Waals surface area contributed by atoms with Gasteiger partial charge in [-0.15, -0.1) is 0 Å². The first-order chi connectivity index (χ1) is 19.2. The van der Waals surface area contributed by atoms with E-state index in [0.717, 1.165) is 11.1 Å². The highest BCUT2D eigenvalue weighted by atomic mass is 35.5. The summed E-state index contributed by atoms with van der Waals surface area (Å²) in [6.07, 6.45) is 2.10. The van der Waals surface area contributed by atoms with Crippen LogP contribution in [0.4, 0.5) is 0 Å². The second kappa shape index (κ2) is 12.9. The molecule has 4 rings (SSSR count). The van der Waals surface area contributed by atoms with Crippen LogP contribution in [0.3, 0.4) is 0 Å². The van der Waals surface area contributed by atoms with Crippen LogP contribution in [0.5, 0.6) is 17.4 Å². The molecule has 1 N–H and O–H groups in total. The van der Waals surface area contributed by atoms with Gasteiger partial charge in [0.2, 0.25) is 5.88 Å². The van der Waals surface area contributed by atoms with Gasteiger partial charge in [0, 0.05) is 39.5 Å². The Balaban J connectivity index is 2.10. The number of nitrogens with zero attached hydrogens (tertiary/aromatic N) is 2. The standard InChI is InChI=1S/C32H34Cl2N2O4/c1-36(2)15-14-32(37,23-17-24(33)19-25(34)18-23)29(26-12-9-13-28(38-3)30(26)39-4)27-16-22(20-35-31(27)40-5)21-10-7-6-8-11-21/h6-13,16-20,29,37H,14-15H2,1-5H3. The van der Waals surface area contributed by atoms with Gasteiger partial charge in [-0.2, -0.15) is 0 Å². The van der Waals surface area contributed by atoms with Gasteiger partial charge in [-0.3, -0.25) is 0 Å². The number of halogens is 2. The van der Waals surface area contributed by atoms with Gasteiger partial charge in [0.1, 0.15) is 5.60 Å². The molecule has 0 aliphatic carbocycles. The van der Waals surface area contributed by atoms with Crippen molar-refractivity contribution >= 4 is 23.2 Å². The molecule has 1 heterocycles. The molecule has 4 aromatic rings. The molecule has 2 atom stereocenters. The maximum Gasteiger partial charge on any atom is 0.217 e. The molecule has 3 aromatic carbocycles. The van der Waals surface area contributed by atoms with Crippen molar-refractivity contribution in [3.8, 4) is 28.5 Å². The normalized spacial score (nSPS) is 13.5. The van der Waals surface area contributed by atoms with E-state index in [2.05, 4.69) is 4.98 Å². The number of para-hydroxylation sites is 1. The van der Waals surface area contributed by atoms with E-state index >= 15 is 0 Å². The molecule has 0 aliphatic heterocycles. The second-order valence-corrected chi connectivity index (χ2v) is 10.7. The number of pyridine rings is 1. The molecule has 210 valence electrons. The lowest BCUT2D eigenvalue weighted by molar-refractivity contribution is 0.00313. The molecular formula is C32H34Cl2N2O4. The summed E-state index contributed by atoms with van der Waals surface area (Å²) in [6.45, 7) is 0.567. The number of hydrogen-bond donors (Lipinski definition) is 1. The summed E-state index contributed by atoms with van der Waals surface area (Å²) in [5, 5.41) is 13.8. The summed E-state index contributed by atoms with van der Waals surface area (Å²) in [6, 6.07) is 22.7. The summed E-state index contributed by atoms with van der Waals surface area (Å²) >= 11 is 13.0. The molecule has 0 spiro atoms. The zero-order valence-corrected chi connectivity index (χ0v) is 24.8. The number of aromatic nitrogens is 1. The summed E-state index contributed by atoms with van der Waals surface area (Å²) in [5.41, 5.74) is 2.27. The first-order valence-electron chi connectivity index (χ1n) is 12.9. The highest BCUT2D eigenvalue weighted by Crippen LogP contribution is 2.52. The Hall–Kier alpha value is -3.29. The fourth-order valence-corrected chi connectivity index (χ4v) is 5.64. The van der Waals surface area contributed by atoms with Crippen LogP contribution in [0.25, 0.3) is 11.1 Å². The summed E-state index contributed by atoms with van der Waals surface area (Å²) in [4.78, 5) is 6.71. The molecule has 40 heavy (non-hydrogen) atoms. The molecule has 1 aromatic heterocycles. The van der Waals surface area contributed by atoms with Crippen LogP contribution in [0, 0.1) is 0 Å². The topological polar surface area (TPSA) is 64.0 Å². The number of methoxy groups -OCH3 is 3. The molecule has 0 amide bonds. The predicted molar refractivity (Wildman–Crippen MR) is 161 cm³/mol. The Bertz CT molecular complexity index is 1430. The molecule has 0 fully saturated rings. The highest BCUT2D eigenvalue weighted by Gasteiger charge is 2.44. The predicted octanol–water partition coefficient (Wildman–Crippen LogP) is 7.05. The maximum atomic E-state index is 13.0. The Kier molecular flexibility index (Phi) is 9.59. The third-order valence-corrected chi connectivity index (χ3v) is 7.45. The zero-order chi connectivity index (χ0) is 28.9. The minimum Gasteiger partial charge on any atom is -0.493 e. The van der Waals surface area contributed by atoms with E-state index in [1.54, 1.807) is 45.7 Å². The lowest BCUT2D eigenvalue weighted by Crippen LogP contribution is -2.38. The van der Waals surface area contributed by atoms with Crippen molar-refractivity contribution < 1.29 is 19.3 Å². The first kappa shape index (κ1) is 29.7. The fraction of sp³-hybridized carbons (Fsp3) is 0.281. The van der Waals surface area contributed by atoms with E-state index in [1.165, 1.54) is 0 Å². The molecule has 0 radical (unpaired) electrons. The molecule has 8 heteroatoms. The average molecular weight is 582 g/mol. The summed E-state index contributed by atoms with van der Waals surface area (Å²) < 4.78 is 17.4. The van der Waals surface area contributed by atoms with Crippen molar-refractivity contribution in [1.29, 1.82) is 0 Å². The van der Waals surface area contributed by atoms with Crippen molar-refractivity contribution in [2.24, 2.45) is 0 Å². The minimum atomic E-state index is -1.53. The molecular weight excluding hydrogens is 547 g/mol. The molecule has 2 unspecified atom stereocenters. The Labute approximate surface area is 246 Å². The van der Waals surface area contributed by atoms with Gasteiger partial charge < -0.3 is 24.2 Å². The van der Waals surface area contributed by atoms with E-state index in [1.807, 2.05) is 73.6 Å². The van der Waals surface area contributed by atoms with Crippen LogP contribution in [-0.4, -0.2) is 57.0 Å². The molecule has 0 saturated heterocycles. The van der Waals surface area contributed by atoms with Gasteiger partial charge >= 0.3 is 0 Å². The van der Waals surface area contributed by atoms with E-state index in [0.29, 0.717) is 57.1 Å². The van der Waals surface area contributed by atoms with Gasteiger partial charge in [0.15, 0.2) is 11.5 Å². The monoisotopic (exact) mass is 580 g/mol. The highest BCUT2D eigenvalue weighted by molar-refractivity contribution is 6.34. The molecule has 0 saturated carbocycles. The lowest BCUT2D eigenvalue weighted by Gasteiger charge is -2.39. The smallest absolute Gasteiger partial charge is 0.217 e. The SMILES string of the molecule is COc1cccc(C(c2cc(-c3ccccc3)cnc2OC)C(O)(CCN(C)C)c2cc(Cl)cc(Cl)c2)c1OC. The lowest BCUT2D eigenvalue weighted by atomic mass is 9.71. The van der Waals surface area contributed by atoms with Crippen LogP contribution in [0.1, 0.15) is 29.0 Å². The third kappa shape index (κ3) is 6.21. The van der Waals surface area contributed by atoms with Gasteiger partial charge in [-0.25, -0.2) is 4.98 Å². The van der Waals surface area contributed by atoms with Gasteiger partial charge in [-0.05, 0) is 62.0 Å². The fourth-order valence-electron chi connectivity index (χ4n) is 5.11. The first-order valence-corrected chi connectivity index (χ1v) is 13.6. The number of hydrogen-bond acceptors (Lipinski definition) is 6. The van der Waals surface area contributed by atoms with Crippen molar-refractivity contribution in [2.45, 2.75) is 17.9 Å². The summed E-state index contributed by atoms with van der Waals surface area (Å²) in [5.74, 6) is 0.692. The van der Waals surface area contributed by atoms with Crippen LogP contribution in [0.15, 0.2) is 79.0 Å². The van der Waals surface area contributed by atoms with Crippen LogP contribution in [-0.2, 0) is 5.60 Å². The summed E-state index contributed by atoms with van der Waals surface area (Å²) in [7, 11) is 8.67. The second-order valence-electron chi connectivity index (χ2n) is 9.84. The van der Waals surface area contributed by atoms with E-state index < -0.39 is 11.5 Å². The number of ether oxygens (including phenoxy) is 3. The average Bonchev–Trinajstić information content (AvgIpc) is 2.96. The number of rotatable bonds is 11. The zero-order valence-electron chi connectivity index (χ0n) is 23.3. The number of benzene rings is 3. The van der Waals surface area contributed by atoms with E-state index in [9.17, 15) is 5.11 Å². The Morgan fingerprint density at radius 2 is 1.52 bits per heavy atom. The minimum absolute atomic E-state index is 0.334. The quantitative estimate of drug-likeness (QED) is 0.205. The van der Waals surface area contributed by atoms with Crippen LogP contribution in [0.2, 0.25) is 10.0 Å². The van der Waals surface area contributed by atoms with Gasteiger partial charge in [0.05, 0.1) is 27.2 Å². The van der Waals surface area contributed by atoms with Crippen molar-refractivity contribution in [1.82, 2.24) is 9.88 Å². The van der Waals surface area contributed by atoms with Gasteiger partial charge in [0.25, 0.3) is 0 Å². The maximum absolute atomic E-state index is 13.0. The Morgan fingerprint density at radius 3 is 2.12 bits per heavy atom. The number of aliphatic hydroxyl groups is 1. The largest absolute Gasteiger partial charge is 0.493 e. The van der Waals surface area contributed by atoms with Crippen molar-refractivity contribution in [3.05, 3.63) is 106 Å². The molecule has 6 nitrogen and oxygen atoms in total. The molecule has 0 bridgehead atoms. The van der Waals surface area contributed by atoms with Crippen molar-refractivity contribution in [2.75, 3.05) is 42.0 Å². The third-order valence-electron chi connectivity index (χ3n) is 7.01. The van der Waals surface area contributed by atoms with Crippen LogP contribution >= 0.6 is 23.2 Å². The van der Waals surface area contributed by atoms with Gasteiger partial charge in [-0.1, -0.05) is 65.7 Å². The Morgan fingerprint density at radius 1 is 0.825 bits per heavy atom. The van der Waals surface area contributed by atoms with Crippen molar-refractivity contribution in [3.63, 3.8) is 0 Å². The molecule has 0 aliphatic rings. The van der Waals surface area contributed by atoms with E-state index in [-0.39, 0.29) is 0 Å². The van der Waals surface area contributed by atoms with Crippen LogP contribution < -0.4 is 14.2 Å². The van der Waals surface area contributed by atoms with E-state index in [4.69, 9.17) is 37.4 Å².